The standard InChI is InChI=1S/C41H65ClN5O9P/c1-3-4-5-6-7-8-9-10-11-12-13-14-15-16-17-18-25-52-27-34(53-26-32-19-21-33(42)22-20-32)28-54-57(50,51)55-29-36-38(48)39(49)41(56-36,30-44-2)37-24-23-35-40(43)45-31-46-47(35)37/h19-24,30-31,34,36,38-39,48-49H,3-18,25-29H2,1-2H3,(H,50,51)(H2,43,45,46)/t34-,36-,38-,39-,41+/m1/s1. The van der Waals surface area contributed by atoms with Gasteiger partial charge in [-0.1, -0.05) is 127 Å². The van der Waals surface area contributed by atoms with Crippen molar-refractivity contribution in [3.05, 3.63) is 59.0 Å². The van der Waals surface area contributed by atoms with Crippen molar-refractivity contribution in [2.75, 3.05) is 39.2 Å². The zero-order valence-corrected chi connectivity index (χ0v) is 35.4. The lowest BCUT2D eigenvalue weighted by molar-refractivity contribution is -0.0626. The lowest BCUT2D eigenvalue weighted by Gasteiger charge is -2.27. The van der Waals surface area contributed by atoms with E-state index in [0.717, 1.165) is 18.4 Å². The molecule has 6 atom stereocenters. The second-order valence-corrected chi connectivity index (χ2v) is 16.8. The van der Waals surface area contributed by atoms with Gasteiger partial charge in [0.2, 0.25) is 0 Å². The first kappa shape index (κ1) is 47.2. The van der Waals surface area contributed by atoms with Gasteiger partial charge in [-0.3, -0.25) is 14.0 Å². The fraction of sp³-hybridized carbons (Fsp3) is 0.683. The van der Waals surface area contributed by atoms with Crippen molar-refractivity contribution in [2.45, 2.75) is 146 Å². The van der Waals surface area contributed by atoms with Crippen LogP contribution in [0.2, 0.25) is 5.02 Å². The molecule has 0 radical (unpaired) electrons. The SMILES string of the molecule is CCCCCCCCCCCCCCCCCCOC[C@H](COP(=O)(O)OC[C@H]1O[C@@](C=NC)(c2ccc3c(N)ncnn23)[C@H](O)[C@@H]1O)OCc1ccc(Cl)cc1. The number of aliphatic hydroxyl groups is 2. The van der Waals surface area contributed by atoms with Gasteiger partial charge in [0.1, 0.15) is 36.3 Å². The molecule has 14 nitrogen and oxygen atoms in total. The van der Waals surface area contributed by atoms with Crippen molar-refractivity contribution in [3.8, 4) is 0 Å². The van der Waals surface area contributed by atoms with Crippen molar-refractivity contribution in [2.24, 2.45) is 4.99 Å². The molecule has 0 spiro atoms. The Hall–Kier alpha value is -2.49. The summed E-state index contributed by atoms with van der Waals surface area (Å²) in [4.78, 5) is 18.7. The van der Waals surface area contributed by atoms with Crippen LogP contribution in [0.15, 0.2) is 47.7 Å². The number of halogens is 1. The number of anilines is 1. The van der Waals surface area contributed by atoms with E-state index in [9.17, 15) is 19.7 Å². The lowest BCUT2D eigenvalue weighted by Crippen LogP contribution is -2.43. The molecule has 5 N–H and O–H groups in total. The largest absolute Gasteiger partial charge is 0.472 e. The number of aromatic nitrogens is 3. The molecule has 1 aromatic carbocycles. The van der Waals surface area contributed by atoms with Crippen LogP contribution in [0.5, 0.6) is 0 Å². The van der Waals surface area contributed by atoms with Gasteiger partial charge in [0, 0.05) is 24.9 Å². The van der Waals surface area contributed by atoms with Crippen molar-refractivity contribution in [1.29, 1.82) is 0 Å². The summed E-state index contributed by atoms with van der Waals surface area (Å²) in [6, 6.07) is 10.5. The highest BCUT2D eigenvalue weighted by Gasteiger charge is 2.56. The molecule has 0 amide bonds. The summed E-state index contributed by atoms with van der Waals surface area (Å²) >= 11 is 6.03. The first-order valence-electron chi connectivity index (χ1n) is 20.7. The van der Waals surface area contributed by atoms with Gasteiger partial charge in [-0.15, -0.1) is 0 Å². The highest BCUT2D eigenvalue weighted by atomic mass is 35.5. The molecular formula is C41H65ClN5O9P. The van der Waals surface area contributed by atoms with Crippen molar-refractivity contribution < 1.29 is 42.9 Å². The second-order valence-electron chi connectivity index (χ2n) is 14.9. The minimum Gasteiger partial charge on any atom is -0.387 e. The molecule has 0 aliphatic carbocycles. The molecule has 57 heavy (non-hydrogen) atoms. The van der Waals surface area contributed by atoms with Gasteiger partial charge in [-0.25, -0.2) is 14.1 Å². The Kier molecular flexibility index (Phi) is 20.9. The summed E-state index contributed by atoms with van der Waals surface area (Å²) in [5, 5.41) is 27.0. The number of hydrogen-bond acceptors (Lipinski definition) is 12. The number of phosphoric acid groups is 1. The van der Waals surface area contributed by atoms with Crippen LogP contribution in [0, 0.1) is 0 Å². The number of benzene rings is 1. The summed E-state index contributed by atoms with van der Waals surface area (Å²) < 4.78 is 43.2. The van der Waals surface area contributed by atoms with Crippen LogP contribution in [0.1, 0.15) is 121 Å². The molecule has 1 saturated heterocycles. The minimum atomic E-state index is -4.69. The zero-order chi connectivity index (χ0) is 40.9. The molecule has 1 aliphatic heterocycles. The number of unbranched alkanes of at least 4 members (excludes halogenated alkanes) is 15. The minimum absolute atomic E-state index is 0.140. The number of aliphatic hydroxyl groups excluding tert-OH is 2. The average molecular weight is 838 g/mol. The molecule has 4 rings (SSSR count). The molecule has 16 heteroatoms. The van der Waals surface area contributed by atoms with E-state index in [4.69, 9.17) is 40.6 Å². The van der Waals surface area contributed by atoms with Crippen LogP contribution in [0.4, 0.5) is 5.82 Å². The molecule has 3 aromatic rings. The Morgan fingerprint density at radius 1 is 0.930 bits per heavy atom. The Balaban J connectivity index is 1.18. The maximum absolute atomic E-state index is 13.1. The zero-order valence-electron chi connectivity index (χ0n) is 33.8. The van der Waals surface area contributed by atoms with Crippen molar-refractivity contribution >= 4 is 37.0 Å². The first-order valence-corrected chi connectivity index (χ1v) is 22.6. The van der Waals surface area contributed by atoms with Crippen LogP contribution in [-0.2, 0) is 40.0 Å². The summed E-state index contributed by atoms with van der Waals surface area (Å²) in [6.45, 7) is 2.25. The Bertz CT molecular complexity index is 1650. The predicted molar refractivity (Wildman–Crippen MR) is 223 cm³/mol. The van der Waals surface area contributed by atoms with Gasteiger partial charge in [-0.2, -0.15) is 5.10 Å². The molecule has 1 unspecified atom stereocenters. The average Bonchev–Trinajstić information content (AvgIpc) is 3.75. The third kappa shape index (κ3) is 15.2. The van der Waals surface area contributed by atoms with Gasteiger partial charge in [0.25, 0.3) is 0 Å². The van der Waals surface area contributed by atoms with Crippen LogP contribution in [0.3, 0.4) is 0 Å². The smallest absolute Gasteiger partial charge is 0.387 e. The highest BCUT2D eigenvalue weighted by Crippen LogP contribution is 2.46. The summed E-state index contributed by atoms with van der Waals surface area (Å²) in [5.41, 5.74) is 5.94. The monoisotopic (exact) mass is 837 g/mol. The van der Waals surface area contributed by atoms with Crippen LogP contribution < -0.4 is 5.73 Å². The maximum Gasteiger partial charge on any atom is 0.472 e. The normalized spacial score (nSPS) is 21.5. The van der Waals surface area contributed by atoms with Gasteiger partial charge < -0.3 is 35.1 Å². The van der Waals surface area contributed by atoms with Crippen LogP contribution in [-0.4, -0.2) is 93.8 Å². The topological polar surface area (TPSA) is 192 Å². The van der Waals surface area contributed by atoms with Gasteiger partial charge in [0.05, 0.1) is 32.1 Å². The third-order valence-corrected chi connectivity index (χ3v) is 11.6. The molecular weight excluding hydrogens is 773 g/mol. The van der Waals surface area contributed by atoms with Gasteiger partial charge in [0.15, 0.2) is 11.4 Å². The summed E-state index contributed by atoms with van der Waals surface area (Å²) in [7, 11) is -3.21. The van der Waals surface area contributed by atoms with Crippen LogP contribution >= 0.6 is 19.4 Å². The molecule has 1 fully saturated rings. The summed E-state index contributed by atoms with van der Waals surface area (Å²) in [5.74, 6) is 0.201. The predicted octanol–water partition coefficient (Wildman–Crippen LogP) is 7.98. The molecule has 0 bridgehead atoms. The maximum atomic E-state index is 13.1. The number of rotatable bonds is 30. The molecule has 2 aromatic heterocycles. The summed E-state index contributed by atoms with van der Waals surface area (Å²) in [6.07, 6.45) is 18.2. The fourth-order valence-electron chi connectivity index (χ4n) is 7.09. The Morgan fingerprint density at radius 3 is 2.16 bits per heavy atom. The van der Waals surface area contributed by atoms with Crippen molar-refractivity contribution in [1.82, 2.24) is 14.6 Å². The molecule has 320 valence electrons. The number of aliphatic imine (C=N–C) groups is 1. The number of hydrogen-bond donors (Lipinski definition) is 4. The van der Waals surface area contributed by atoms with E-state index in [1.165, 1.54) is 114 Å². The first-order chi connectivity index (χ1) is 27.6. The fourth-order valence-corrected chi connectivity index (χ4v) is 7.98. The van der Waals surface area contributed by atoms with Crippen molar-refractivity contribution in [3.63, 3.8) is 0 Å². The number of phosphoric ester groups is 1. The van der Waals surface area contributed by atoms with Gasteiger partial charge >= 0.3 is 7.82 Å². The number of fused-ring (bicyclic) bond motifs is 1. The van der Waals surface area contributed by atoms with E-state index in [2.05, 4.69) is 22.0 Å². The quantitative estimate of drug-likeness (QED) is 0.0288. The molecule has 1 aliphatic rings. The second kappa shape index (κ2) is 25.2. The number of nitrogen functional groups attached to an aromatic ring is 1. The van der Waals surface area contributed by atoms with E-state index < -0.39 is 44.4 Å². The number of nitrogens with two attached hydrogens (primary N) is 1. The molecule has 3 heterocycles. The van der Waals surface area contributed by atoms with Gasteiger partial charge in [-0.05, 0) is 36.2 Å². The Morgan fingerprint density at radius 2 is 1.54 bits per heavy atom. The number of nitrogens with zero attached hydrogens (tertiary/aromatic N) is 4. The van der Waals surface area contributed by atoms with Crippen LogP contribution in [0.25, 0.3) is 5.52 Å². The lowest BCUT2D eigenvalue weighted by atomic mass is 9.92. The van der Waals surface area contributed by atoms with E-state index in [-0.39, 0.29) is 25.6 Å². The van der Waals surface area contributed by atoms with E-state index in [1.54, 1.807) is 24.3 Å². The third-order valence-electron chi connectivity index (χ3n) is 10.4. The highest BCUT2D eigenvalue weighted by molar-refractivity contribution is 7.47. The molecule has 0 saturated carbocycles. The van der Waals surface area contributed by atoms with E-state index in [0.29, 0.717) is 22.8 Å². The van der Waals surface area contributed by atoms with E-state index in [1.807, 2.05) is 12.1 Å². The number of ether oxygens (including phenoxy) is 3. The van der Waals surface area contributed by atoms with E-state index >= 15 is 0 Å². The Labute approximate surface area is 343 Å².